The van der Waals surface area contributed by atoms with Crippen molar-refractivity contribution in [1.29, 1.82) is 0 Å². The molecule has 1 unspecified atom stereocenters. The summed E-state index contributed by atoms with van der Waals surface area (Å²) in [6.07, 6.45) is 8.63. The molecule has 0 amide bonds. The van der Waals surface area contributed by atoms with Crippen molar-refractivity contribution in [2.45, 2.75) is 51.0 Å². The number of aryl methyl sites for hydroxylation is 2. The molecule has 1 aromatic carbocycles. The van der Waals surface area contributed by atoms with Gasteiger partial charge >= 0.3 is 0 Å². The molecule has 22 heavy (non-hydrogen) atoms. The Bertz CT molecular complexity index is 513. The number of hydrogen-bond donors (Lipinski definition) is 2. The fraction of sp³-hybridized carbons (Fsp3) is 0.588. The maximum absolute atomic E-state index is 5.96. The molecular weight excluding hydrogens is 389 g/mol. The molecule has 1 heterocycles. The first kappa shape index (κ1) is 17.5. The van der Waals surface area contributed by atoms with Crippen molar-refractivity contribution in [2.75, 3.05) is 18.5 Å². The van der Waals surface area contributed by atoms with Crippen LogP contribution in [0.5, 0.6) is 0 Å². The third-order valence-electron chi connectivity index (χ3n) is 4.38. The number of benzene rings is 1. The van der Waals surface area contributed by atoms with Gasteiger partial charge in [0.05, 0.1) is 6.10 Å². The number of rotatable bonds is 4. The molecule has 0 radical (unpaired) electrons. The predicted molar refractivity (Wildman–Crippen MR) is 102 cm³/mol. The van der Waals surface area contributed by atoms with Gasteiger partial charge in [0.2, 0.25) is 0 Å². The Hall–Kier alpha value is -0.820. The van der Waals surface area contributed by atoms with Crippen LogP contribution in [0.1, 0.15) is 43.2 Å². The second-order valence-corrected chi connectivity index (χ2v) is 6.01. The molecule has 1 atom stereocenters. The summed E-state index contributed by atoms with van der Waals surface area (Å²) in [5.74, 6) is 0.503. The Kier molecular flexibility index (Phi) is 6.95. The van der Waals surface area contributed by atoms with E-state index < -0.39 is 0 Å². The molecule has 1 aromatic rings. The molecule has 1 aliphatic carbocycles. The zero-order valence-electron chi connectivity index (χ0n) is 13.0. The van der Waals surface area contributed by atoms with Crippen LogP contribution >= 0.6 is 24.0 Å². The lowest BCUT2D eigenvalue weighted by Gasteiger charge is -2.21. The molecule has 0 bridgehead atoms. The number of anilines is 1. The van der Waals surface area contributed by atoms with Crippen LogP contribution in [0.3, 0.4) is 0 Å². The molecule has 122 valence electrons. The van der Waals surface area contributed by atoms with Crippen LogP contribution in [-0.4, -0.2) is 25.2 Å². The van der Waals surface area contributed by atoms with E-state index in [1.54, 1.807) is 0 Å². The van der Waals surface area contributed by atoms with Crippen molar-refractivity contribution in [3.05, 3.63) is 29.3 Å². The average Bonchev–Trinajstić information content (AvgIpc) is 2.96. The highest BCUT2D eigenvalue weighted by atomic mass is 127. The quantitative estimate of drug-likeness (QED) is 0.450. The minimum atomic E-state index is 0. The number of fused-ring (bicyclic) bond motifs is 1. The lowest BCUT2D eigenvalue weighted by atomic mass is 10.1. The van der Waals surface area contributed by atoms with Crippen LogP contribution in [0.15, 0.2) is 23.2 Å². The predicted octanol–water partition coefficient (Wildman–Crippen LogP) is 3.48. The summed E-state index contributed by atoms with van der Waals surface area (Å²) in [6.45, 7) is 1.63. The molecule has 4 nitrogen and oxygen atoms in total. The second-order valence-electron chi connectivity index (χ2n) is 6.01. The van der Waals surface area contributed by atoms with Gasteiger partial charge in [-0.05, 0) is 68.2 Å². The van der Waals surface area contributed by atoms with Gasteiger partial charge < -0.3 is 15.8 Å². The van der Waals surface area contributed by atoms with E-state index in [1.165, 1.54) is 43.2 Å². The Labute approximate surface area is 149 Å². The Morgan fingerprint density at radius 1 is 1.23 bits per heavy atom. The van der Waals surface area contributed by atoms with Gasteiger partial charge in [0.15, 0.2) is 5.96 Å². The van der Waals surface area contributed by atoms with Crippen molar-refractivity contribution in [2.24, 2.45) is 10.7 Å². The molecule has 3 rings (SSSR count). The number of aliphatic imine (C=N–C) groups is 1. The lowest BCUT2D eigenvalue weighted by Crippen LogP contribution is -2.24. The zero-order valence-corrected chi connectivity index (χ0v) is 15.3. The van der Waals surface area contributed by atoms with E-state index >= 15 is 0 Å². The number of nitrogens with one attached hydrogen (secondary N) is 1. The van der Waals surface area contributed by atoms with Crippen molar-refractivity contribution in [1.82, 2.24) is 0 Å². The zero-order chi connectivity index (χ0) is 14.5. The Morgan fingerprint density at radius 2 is 2.09 bits per heavy atom. The van der Waals surface area contributed by atoms with Crippen molar-refractivity contribution in [3.63, 3.8) is 0 Å². The van der Waals surface area contributed by atoms with E-state index in [1.807, 2.05) is 0 Å². The maximum atomic E-state index is 5.96. The summed E-state index contributed by atoms with van der Waals surface area (Å²) < 4.78 is 5.70. The number of halogens is 1. The molecule has 1 fully saturated rings. The number of nitrogens with two attached hydrogens (primary N) is 1. The standard InChI is InChI=1S/C17H25N3O.HI/c18-17(19-10-9-16-6-1-2-11-21-16)20-15-8-7-13-4-3-5-14(13)12-15;/h7-8,12,16H,1-6,9-11H2,(H3,18,19,20);1H. The fourth-order valence-corrected chi connectivity index (χ4v) is 3.20. The molecule has 0 saturated carbocycles. The summed E-state index contributed by atoms with van der Waals surface area (Å²) in [6, 6.07) is 6.50. The van der Waals surface area contributed by atoms with Gasteiger partial charge in [-0.1, -0.05) is 6.07 Å². The van der Waals surface area contributed by atoms with E-state index in [0.717, 1.165) is 31.7 Å². The third kappa shape index (κ3) is 4.84. The van der Waals surface area contributed by atoms with Gasteiger partial charge in [0, 0.05) is 18.8 Å². The molecular formula is C17H26IN3O. The molecule has 1 aliphatic heterocycles. The summed E-state index contributed by atoms with van der Waals surface area (Å²) in [4.78, 5) is 4.41. The SMILES string of the molecule is I.NC(=NCCC1CCCCO1)Nc1ccc2c(c1)CCC2. The Morgan fingerprint density at radius 3 is 2.91 bits per heavy atom. The van der Waals surface area contributed by atoms with Crippen LogP contribution in [0.25, 0.3) is 0 Å². The monoisotopic (exact) mass is 415 g/mol. The van der Waals surface area contributed by atoms with Crippen molar-refractivity contribution in [3.8, 4) is 0 Å². The van der Waals surface area contributed by atoms with E-state index in [-0.39, 0.29) is 24.0 Å². The second kappa shape index (κ2) is 8.72. The highest BCUT2D eigenvalue weighted by Gasteiger charge is 2.13. The van der Waals surface area contributed by atoms with E-state index in [4.69, 9.17) is 10.5 Å². The topological polar surface area (TPSA) is 59.6 Å². The number of nitrogens with zero attached hydrogens (tertiary/aromatic N) is 1. The highest BCUT2D eigenvalue weighted by molar-refractivity contribution is 14.0. The summed E-state index contributed by atoms with van der Waals surface area (Å²) >= 11 is 0. The van der Waals surface area contributed by atoms with Gasteiger partial charge in [-0.15, -0.1) is 24.0 Å². The highest BCUT2D eigenvalue weighted by Crippen LogP contribution is 2.24. The van der Waals surface area contributed by atoms with Crippen molar-refractivity contribution >= 4 is 35.6 Å². The van der Waals surface area contributed by atoms with E-state index in [9.17, 15) is 0 Å². The summed E-state index contributed by atoms with van der Waals surface area (Å²) in [5, 5.41) is 3.20. The molecule has 3 N–H and O–H groups in total. The first-order chi connectivity index (χ1) is 10.3. The molecule has 0 spiro atoms. The minimum Gasteiger partial charge on any atom is -0.378 e. The molecule has 1 saturated heterocycles. The minimum absolute atomic E-state index is 0. The largest absolute Gasteiger partial charge is 0.378 e. The molecule has 0 aromatic heterocycles. The summed E-state index contributed by atoms with van der Waals surface area (Å²) in [5.41, 5.74) is 9.94. The molecule has 5 heteroatoms. The van der Waals surface area contributed by atoms with Crippen LogP contribution in [-0.2, 0) is 17.6 Å². The lowest BCUT2D eigenvalue weighted by molar-refractivity contribution is 0.0129. The van der Waals surface area contributed by atoms with Gasteiger partial charge in [-0.25, -0.2) is 0 Å². The van der Waals surface area contributed by atoms with E-state index in [2.05, 4.69) is 28.5 Å². The fourth-order valence-electron chi connectivity index (χ4n) is 3.20. The average molecular weight is 415 g/mol. The summed E-state index contributed by atoms with van der Waals surface area (Å²) in [7, 11) is 0. The van der Waals surface area contributed by atoms with Gasteiger partial charge in [0.25, 0.3) is 0 Å². The van der Waals surface area contributed by atoms with Crippen LogP contribution in [0.2, 0.25) is 0 Å². The normalized spacial score (nSPS) is 21.1. The molecule has 2 aliphatic rings. The van der Waals surface area contributed by atoms with E-state index in [0.29, 0.717) is 12.1 Å². The number of hydrogen-bond acceptors (Lipinski definition) is 2. The van der Waals surface area contributed by atoms with Gasteiger partial charge in [-0.3, -0.25) is 4.99 Å². The third-order valence-corrected chi connectivity index (χ3v) is 4.38. The first-order valence-corrected chi connectivity index (χ1v) is 8.11. The van der Waals surface area contributed by atoms with Crippen LogP contribution in [0, 0.1) is 0 Å². The first-order valence-electron chi connectivity index (χ1n) is 8.11. The van der Waals surface area contributed by atoms with Crippen LogP contribution in [0.4, 0.5) is 5.69 Å². The Balaban J connectivity index is 0.00000176. The van der Waals surface area contributed by atoms with Crippen molar-refractivity contribution < 1.29 is 4.74 Å². The number of ether oxygens (including phenoxy) is 1. The van der Waals surface area contributed by atoms with Gasteiger partial charge in [0.1, 0.15) is 0 Å². The van der Waals surface area contributed by atoms with Crippen LogP contribution < -0.4 is 11.1 Å². The smallest absolute Gasteiger partial charge is 0.193 e. The number of guanidine groups is 1. The maximum Gasteiger partial charge on any atom is 0.193 e. The van der Waals surface area contributed by atoms with Gasteiger partial charge in [-0.2, -0.15) is 0 Å².